The monoisotopic (exact) mass is 245 g/mol. The minimum absolute atomic E-state index is 0.552. The summed E-state index contributed by atoms with van der Waals surface area (Å²) in [6, 6.07) is 6.98. The van der Waals surface area contributed by atoms with Crippen molar-refractivity contribution in [3.63, 3.8) is 0 Å². The summed E-state index contributed by atoms with van der Waals surface area (Å²) in [5.74, 6) is 0. The molecule has 0 bridgehead atoms. The van der Waals surface area contributed by atoms with Crippen LogP contribution in [-0.4, -0.2) is 13.1 Å². The van der Waals surface area contributed by atoms with Gasteiger partial charge in [-0.2, -0.15) is 0 Å². The van der Waals surface area contributed by atoms with E-state index in [9.17, 15) is 0 Å². The first-order chi connectivity index (χ1) is 8.65. The van der Waals surface area contributed by atoms with Gasteiger partial charge in [-0.3, -0.25) is 0 Å². The van der Waals surface area contributed by atoms with Crippen LogP contribution in [0.4, 0.5) is 0 Å². The third-order valence-corrected chi connectivity index (χ3v) is 4.49. The molecule has 1 N–H and O–H groups in total. The van der Waals surface area contributed by atoms with E-state index in [1.807, 2.05) is 0 Å². The molecule has 0 amide bonds. The Morgan fingerprint density at radius 3 is 2.50 bits per heavy atom. The van der Waals surface area contributed by atoms with Gasteiger partial charge < -0.3 is 5.32 Å². The van der Waals surface area contributed by atoms with E-state index >= 15 is 0 Å². The first-order valence-corrected chi connectivity index (χ1v) is 7.42. The van der Waals surface area contributed by atoms with Gasteiger partial charge in [0, 0.05) is 6.54 Å². The number of aryl methyl sites for hydroxylation is 2. The van der Waals surface area contributed by atoms with Crippen LogP contribution < -0.4 is 5.32 Å². The van der Waals surface area contributed by atoms with Gasteiger partial charge in [-0.1, -0.05) is 31.5 Å². The van der Waals surface area contributed by atoms with E-state index in [4.69, 9.17) is 0 Å². The molecule has 1 aliphatic rings. The number of benzene rings is 1. The van der Waals surface area contributed by atoms with Gasteiger partial charge in [-0.15, -0.1) is 0 Å². The highest BCUT2D eigenvalue weighted by Gasteiger charge is 2.36. The Kier molecular flexibility index (Phi) is 4.45. The first-order valence-electron chi connectivity index (χ1n) is 7.42. The van der Waals surface area contributed by atoms with Crippen molar-refractivity contribution in [2.45, 2.75) is 52.9 Å². The number of nitrogens with one attached hydrogen (secondary N) is 1. The van der Waals surface area contributed by atoms with E-state index in [1.54, 1.807) is 0 Å². The lowest BCUT2D eigenvalue weighted by molar-refractivity contribution is 0.130. The molecule has 1 aromatic carbocycles. The maximum Gasteiger partial charge on any atom is 0.00110 e. The SMILES string of the molecule is CCCNCC1(Cc2ccc(C)c(C)c2)CCC1. The summed E-state index contributed by atoms with van der Waals surface area (Å²) >= 11 is 0. The van der Waals surface area contributed by atoms with Gasteiger partial charge >= 0.3 is 0 Å². The molecule has 1 aromatic rings. The summed E-state index contributed by atoms with van der Waals surface area (Å²) in [4.78, 5) is 0. The second kappa shape index (κ2) is 5.88. The van der Waals surface area contributed by atoms with Crippen molar-refractivity contribution in [2.24, 2.45) is 5.41 Å². The summed E-state index contributed by atoms with van der Waals surface area (Å²) in [5.41, 5.74) is 4.92. The average molecular weight is 245 g/mol. The molecule has 1 heteroatoms. The lowest BCUT2D eigenvalue weighted by atomic mass is 9.65. The van der Waals surface area contributed by atoms with Crippen LogP contribution in [-0.2, 0) is 6.42 Å². The fourth-order valence-corrected chi connectivity index (χ4v) is 2.97. The van der Waals surface area contributed by atoms with Crippen LogP contribution in [0.15, 0.2) is 18.2 Å². The zero-order valence-corrected chi connectivity index (χ0v) is 12.2. The van der Waals surface area contributed by atoms with E-state index in [0.717, 1.165) is 6.54 Å². The van der Waals surface area contributed by atoms with Crippen molar-refractivity contribution >= 4 is 0 Å². The molecule has 18 heavy (non-hydrogen) atoms. The van der Waals surface area contributed by atoms with E-state index in [-0.39, 0.29) is 0 Å². The topological polar surface area (TPSA) is 12.0 Å². The standard InChI is InChI=1S/C17H27N/c1-4-10-18-13-17(8-5-9-17)12-16-7-6-14(2)15(3)11-16/h6-7,11,18H,4-5,8-10,12-13H2,1-3H3. The molecule has 0 aromatic heterocycles. The van der Waals surface area contributed by atoms with Crippen LogP contribution in [0, 0.1) is 19.3 Å². The zero-order valence-electron chi connectivity index (χ0n) is 12.2. The minimum Gasteiger partial charge on any atom is -0.316 e. The third kappa shape index (κ3) is 3.14. The lowest BCUT2D eigenvalue weighted by Crippen LogP contribution is -2.41. The first kappa shape index (κ1) is 13.6. The van der Waals surface area contributed by atoms with Gasteiger partial charge in [0.1, 0.15) is 0 Å². The quantitative estimate of drug-likeness (QED) is 0.747. The van der Waals surface area contributed by atoms with Gasteiger partial charge in [-0.05, 0) is 68.2 Å². The molecule has 0 unspecified atom stereocenters. The van der Waals surface area contributed by atoms with Gasteiger partial charge in [0.25, 0.3) is 0 Å². The Labute approximate surface area is 112 Å². The molecule has 2 rings (SSSR count). The fraction of sp³-hybridized carbons (Fsp3) is 0.647. The Hall–Kier alpha value is -0.820. The molecule has 0 atom stereocenters. The maximum atomic E-state index is 3.62. The van der Waals surface area contributed by atoms with Crippen LogP contribution in [0.1, 0.15) is 49.3 Å². The minimum atomic E-state index is 0.552. The Morgan fingerprint density at radius 1 is 1.17 bits per heavy atom. The van der Waals surface area contributed by atoms with Gasteiger partial charge in [0.2, 0.25) is 0 Å². The summed E-state index contributed by atoms with van der Waals surface area (Å²) in [6.07, 6.45) is 6.70. The zero-order chi connectivity index (χ0) is 13.0. The molecule has 0 radical (unpaired) electrons. The molecule has 0 heterocycles. The number of hydrogen-bond donors (Lipinski definition) is 1. The Morgan fingerprint density at radius 2 is 1.94 bits per heavy atom. The highest BCUT2D eigenvalue weighted by molar-refractivity contribution is 5.30. The summed E-state index contributed by atoms with van der Waals surface area (Å²) < 4.78 is 0. The van der Waals surface area contributed by atoms with Crippen LogP contribution in [0.25, 0.3) is 0 Å². The van der Waals surface area contributed by atoms with Crippen molar-refractivity contribution < 1.29 is 0 Å². The van der Waals surface area contributed by atoms with E-state index in [1.165, 1.54) is 55.3 Å². The normalized spacial score (nSPS) is 17.5. The summed E-state index contributed by atoms with van der Waals surface area (Å²) in [6.45, 7) is 9.02. The molecule has 1 fully saturated rings. The Balaban J connectivity index is 1.98. The number of rotatable bonds is 6. The molecule has 1 aliphatic carbocycles. The molecule has 1 saturated carbocycles. The molecule has 0 aliphatic heterocycles. The highest BCUT2D eigenvalue weighted by atomic mass is 14.9. The van der Waals surface area contributed by atoms with Gasteiger partial charge in [0.05, 0.1) is 0 Å². The Bertz CT molecular complexity index is 391. The van der Waals surface area contributed by atoms with Crippen molar-refractivity contribution in [3.05, 3.63) is 34.9 Å². The highest BCUT2D eigenvalue weighted by Crippen LogP contribution is 2.43. The lowest BCUT2D eigenvalue weighted by Gasteiger charge is -2.42. The second-order valence-corrected chi connectivity index (χ2v) is 6.13. The predicted octanol–water partition coefficient (Wildman–Crippen LogP) is 4.02. The van der Waals surface area contributed by atoms with Crippen molar-refractivity contribution in [3.8, 4) is 0 Å². The summed E-state index contributed by atoms with van der Waals surface area (Å²) in [5, 5.41) is 3.62. The van der Waals surface area contributed by atoms with Crippen molar-refractivity contribution in [1.82, 2.24) is 5.32 Å². The molecule has 0 spiro atoms. The van der Waals surface area contributed by atoms with E-state index in [0.29, 0.717) is 5.41 Å². The van der Waals surface area contributed by atoms with Gasteiger partial charge in [0.15, 0.2) is 0 Å². The molecule has 0 saturated heterocycles. The van der Waals surface area contributed by atoms with E-state index in [2.05, 4.69) is 44.3 Å². The molecule has 1 nitrogen and oxygen atoms in total. The number of hydrogen-bond acceptors (Lipinski definition) is 1. The van der Waals surface area contributed by atoms with Crippen LogP contribution in [0.3, 0.4) is 0 Å². The molecular weight excluding hydrogens is 218 g/mol. The summed E-state index contributed by atoms with van der Waals surface area (Å²) in [7, 11) is 0. The van der Waals surface area contributed by atoms with Crippen molar-refractivity contribution in [1.29, 1.82) is 0 Å². The van der Waals surface area contributed by atoms with Crippen molar-refractivity contribution in [2.75, 3.05) is 13.1 Å². The van der Waals surface area contributed by atoms with Crippen LogP contribution in [0.5, 0.6) is 0 Å². The average Bonchev–Trinajstić information content (AvgIpc) is 2.31. The largest absolute Gasteiger partial charge is 0.316 e. The smallest absolute Gasteiger partial charge is 0.00110 e. The van der Waals surface area contributed by atoms with Crippen LogP contribution >= 0.6 is 0 Å². The third-order valence-electron chi connectivity index (χ3n) is 4.49. The van der Waals surface area contributed by atoms with Crippen LogP contribution in [0.2, 0.25) is 0 Å². The predicted molar refractivity (Wildman–Crippen MR) is 79.1 cm³/mol. The maximum absolute atomic E-state index is 3.62. The van der Waals surface area contributed by atoms with Gasteiger partial charge in [-0.25, -0.2) is 0 Å². The fourth-order valence-electron chi connectivity index (χ4n) is 2.97. The second-order valence-electron chi connectivity index (χ2n) is 6.13. The van der Waals surface area contributed by atoms with E-state index < -0.39 is 0 Å². The molecule has 100 valence electrons. The molecular formula is C17H27N.